The minimum atomic E-state index is -0.0474. The van der Waals surface area contributed by atoms with Crippen LogP contribution in [-0.4, -0.2) is 105 Å². The number of likely N-dealkylation sites (tertiary alicyclic amines) is 1. The zero-order chi connectivity index (χ0) is 33.8. The van der Waals surface area contributed by atoms with E-state index in [1.165, 1.54) is 57.8 Å². The van der Waals surface area contributed by atoms with Crippen LogP contribution < -0.4 is 5.32 Å². The quantitative estimate of drug-likeness (QED) is 0.109. The van der Waals surface area contributed by atoms with Crippen molar-refractivity contribution in [2.24, 2.45) is 0 Å². The van der Waals surface area contributed by atoms with Gasteiger partial charge in [-0.05, 0) is 87.0 Å². The van der Waals surface area contributed by atoms with Gasteiger partial charge >= 0.3 is 0 Å². The Hall–Kier alpha value is -2.45. The van der Waals surface area contributed by atoms with E-state index in [0.717, 1.165) is 65.0 Å². The number of carbonyl (C=O) groups is 3. The lowest BCUT2D eigenvalue weighted by Gasteiger charge is -2.23. The summed E-state index contributed by atoms with van der Waals surface area (Å²) in [7, 11) is 8.18. The topological polar surface area (TPSA) is 76.2 Å². The van der Waals surface area contributed by atoms with Crippen LogP contribution in [0.5, 0.6) is 0 Å². The molecule has 0 unspecified atom stereocenters. The summed E-state index contributed by atoms with van der Waals surface area (Å²) in [6, 6.07) is 0. The fraction of sp³-hybridized carbons (Fsp3) is 0.750. The Balaban J connectivity index is 0. The highest BCUT2D eigenvalue weighted by Gasteiger charge is 2.16. The van der Waals surface area contributed by atoms with Crippen molar-refractivity contribution in [3.63, 3.8) is 0 Å². The van der Waals surface area contributed by atoms with E-state index in [1.807, 2.05) is 25.9 Å². The Morgan fingerprint density at radius 2 is 1.27 bits per heavy atom. The summed E-state index contributed by atoms with van der Waals surface area (Å²) >= 11 is 0. The van der Waals surface area contributed by atoms with Crippen LogP contribution in [0.15, 0.2) is 37.1 Å². The molecule has 0 aliphatic carbocycles. The average molecular weight is 620 g/mol. The van der Waals surface area contributed by atoms with Gasteiger partial charge in [0.25, 0.3) is 0 Å². The molecule has 0 bridgehead atoms. The van der Waals surface area contributed by atoms with Gasteiger partial charge in [-0.2, -0.15) is 0 Å². The number of amides is 3. The monoisotopic (exact) mass is 620 g/mol. The number of nitrogens with one attached hydrogen (secondary N) is 1. The van der Waals surface area contributed by atoms with Crippen LogP contribution in [0.3, 0.4) is 0 Å². The molecular formula is C36H69N5O3. The van der Waals surface area contributed by atoms with Gasteiger partial charge in [-0.1, -0.05) is 84.4 Å². The Morgan fingerprint density at radius 1 is 0.773 bits per heavy atom. The predicted molar refractivity (Wildman–Crippen MR) is 189 cm³/mol. The van der Waals surface area contributed by atoms with Crippen LogP contribution in [0.4, 0.5) is 0 Å². The highest BCUT2D eigenvalue weighted by Crippen LogP contribution is 2.12. The molecule has 0 spiro atoms. The van der Waals surface area contributed by atoms with E-state index in [0.29, 0.717) is 17.6 Å². The first-order valence-corrected chi connectivity index (χ1v) is 17.0. The number of hydrogen-bond acceptors (Lipinski definition) is 5. The van der Waals surface area contributed by atoms with Crippen LogP contribution in [-0.2, 0) is 14.4 Å². The van der Waals surface area contributed by atoms with Crippen LogP contribution >= 0.6 is 0 Å². The maximum atomic E-state index is 12.2. The third kappa shape index (κ3) is 27.1. The zero-order valence-corrected chi connectivity index (χ0v) is 29.9. The molecule has 1 saturated heterocycles. The largest absolute Gasteiger partial charge is 0.352 e. The Kier molecular flexibility index (Phi) is 29.1. The number of rotatable bonds is 22. The second-order valence-electron chi connectivity index (χ2n) is 12.5. The molecule has 256 valence electrons. The molecule has 3 amide bonds. The van der Waals surface area contributed by atoms with Gasteiger partial charge in [0.1, 0.15) is 0 Å². The highest BCUT2D eigenvalue weighted by molar-refractivity contribution is 5.92. The first-order chi connectivity index (χ1) is 20.9. The summed E-state index contributed by atoms with van der Waals surface area (Å²) in [6.45, 7) is 22.0. The van der Waals surface area contributed by atoms with E-state index in [9.17, 15) is 14.4 Å². The SMILES string of the molecule is C=C(C)C(=O)N(CCCCCCCCCCCC)CCCN(C)C.C=C(C)C(=O)NCCCN(C)C.C=CN1CCCC1=O. The van der Waals surface area contributed by atoms with Crippen LogP contribution in [0.2, 0.25) is 0 Å². The highest BCUT2D eigenvalue weighted by atomic mass is 16.2. The molecule has 0 aromatic carbocycles. The molecule has 0 aromatic rings. The molecule has 0 atom stereocenters. The minimum absolute atomic E-state index is 0.0474. The van der Waals surface area contributed by atoms with Crippen molar-refractivity contribution in [3.8, 4) is 0 Å². The fourth-order valence-electron chi connectivity index (χ4n) is 4.56. The lowest BCUT2D eigenvalue weighted by atomic mass is 10.1. The third-order valence-corrected chi connectivity index (χ3v) is 7.25. The van der Waals surface area contributed by atoms with E-state index >= 15 is 0 Å². The molecule has 0 radical (unpaired) electrons. The molecule has 1 aliphatic heterocycles. The smallest absolute Gasteiger partial charge is 0.248 e. The van der Waals surface area contributed by atoms with E-state index in [1.54, 1.807) is 18.0 Å². The standard InChI is InChI=1S/C21H42N2O.C9H18N2O.C6H9NO/c1-6-7-8-9-10-11-12-13-14-15-18-23(21(24)20(2)3)19-16-17-22(4)5;1-8(2)9(12)10-6-5-7-11(3)4;1-2-7-5-3-4-6(7)8/h2,6-19H2,1,3-5H3;1,5-7H2,2-4H3,(H,10,12);2H,1,3-5H2. The summed E-state index contributed by atoms with van der Waals surface area (Å²) < 4.78 is 0. The maximum Gasteiger partial charge on any atom is 0.248 e. The first-order valence-electron chi connectivity index (χ1n) is 17.0. The van der Waals surface area contributed by atoms with Gasteiger partial charge in [0.15, 0.2) is 0 Å². The fourth-order valence-corrected chi connectivity index (χ4v) is 4.56. The normalized spacial score (nSPS) is 12.3. The lowest BCUT2D eigenvalue weighted by molar-refractivity contribution is -0.127. The number of carbonyl (C=O) groups excluding carboxylic acids is 3. The van der Waals surface area contributed by atoms with Gasteiger partial charge in [-0.25, -0.2) is 0 Å². The lowest BCUT2D eigenvalue weighted by Crippen LogP contribution is -2.34. The third-order valence-electron chi connectivity index (χ3n) is 7.25. The average Bonchev–Trinajstić information content (AvgIpc) is 3.39. The summed E-state index contributed by atoms with van der Waals surface area (Å²) in [5, 5.41) is 2.77. The van der Waals surface area contributed by atoms with Gasteiger partial charge in [0.2, 0.25) is 17.7 Å². The molecule has 1 fully saturated rings. The Bertz CT molecular complexity index is 810. The molecule has 0 aromatic heterocycles. The number of nitrogens with zero attached hydrogens (tertiary/aromatic N) is 4. The second kappa shape index (κ2) is 29.3. The van der Waals surface area contributed by atoms with Gasteiger partial charge in [-0.3, -0.25) is 14.4 Å². The molecular weight excluding hydrogens is 550 g/mol. The molecule has 1 heterocycles. The predicted octanol–water partition coefficient (Wildman–Crippen LogP) is 6.65. The van der Waals surface area contributed by atoms with Crippen molar-refractivity contribution < 1.29 is 14.4 Å². The van der Waals surface area contributed by atoms with Gasteiger partial charge in [-0.15, -0.1) is 0 Å². The van der Waals surface area contributed by atoms with Crippen molar-refractivity contribution in [1.82, 2.24) is 24.9 Å². The van der Waals surface area contributed by atoms with Crippen molar-refractivity contribution in [2.75, 3.05) is 67.5 Å². The molecule has 0 saturated carbocycles. The number of hydrogen-bond donors (Lipinski definition) is 1. The zero-order valence-electron chi connectivity index (χ0n) is 29.9. The van der Waals surface area contributed by atoms with E-state index in [-0.39, 0.29) is 17.7 Å². The van der Waals surface area contributed by atoms with Crippen molar-refractivity contribution >= 4 is 17.7 Å². The van der Waals surface area contributed by atoms with Gasteiger partial charge in [0.05, 0.1) is 0 Å². The Labute approximate surface area is 272 Å². The van der Waals surface area contributed by atoms with Crippen molar-refractivity contribution in [3.05, 3.63) is 37.1 Å². The van der Waals surface area contributed by atoms with E-state index < -0.39 is 0 Å². The van der Waals surface area contributed by atoms with Crippen molar-refractivity contribution in [2.45, 2.75) is 111 Å². The molecule has 8 nitrogen and oxygen atoms in total. The second-order valence-corrected chi connectivity index (χ2v) is 12.5. The summed E-state index contributed by atoms with van der Waals surface area (Å²) in [5.41, 5.74) is 1.23. The van der Waals surface area contributed by atoms with Crippen LogP contribution in [0.25, 0.3) is 0 Å². The summed E-state index contributed by atoms with van der Waals surface area (Å²) in [6.07, 6.45) is 18.6. The Morgan fingerprint density at radius 3 is 1.68 bits per heavy atom. The van der Waals surface area contributed by atoms with Crippen LogP contribution in [0, 0.1) is 0 Å². The summed E-state index contributed by atoms with van der Waals surface area (Å²) in [4.78, 5) is 41.8. The van der Waals surface area contributed by atoms with E-state index in [2.05, 4.69) is 55.9 Å². The molecule has 1 rings (SSSR count). The number of unbranched alkanes of at least 4 members (excludes halogenated alkanes) is 9. The molecule has 44 heavy (non-hydrogen) atoms. The van der Waals surface area contributed by atoms with Gasteiger partial charge < -0.3 is 24.9 Å². The minimum Gasteiger partial charge on any atom is -0.352 e. The van der Waals surface area contributed by atoms with Gasteiger partial charge in [0, 0.05) is 43.7 Å². The summed E-state index contributed by atoms with van der Waals surface area (Å²) in [5.74, 6) is 0.290. The van der Waals surface area contributed by atoms with Crippen molar-refractivity contribution in [1.29, 1.82) is 0 Å². The van der Waals surface area contributed by atoms with E-state index in [4.69, 9.17) is 0 Å². The van der Waals surface area contributed by atoms with Crippen LogP contribution in [0.1, 0.15) is 111 Å². The molecule has 8 heteroatoms. The molecule has 1 N–H and O–H groups in total. The maximum absolute atomic E-state index is 12.2. The first kappa shape index (κ1) is 43.7. The molecule has 1 aliphatic rings.